The Balaban J connectivity index is 1.50. The van der Waals surface area contributed by atoms with Crippen LogP contribution in [0.5, 0.6) is 11.5 Å². The molecule has 0 aromatic heterocycles. The van der Waals surface area contributed by atoms with Crippen LogP contribution < -0.4 is 10.1 Å². The zero-order valence-corrected chi connectivity index (χ0v) is 20.0. The summed E-state index contributed by atoms with van der Waals surface area (Å²) in [6, 6.07) is 21.0. The first-order valence-electron chi connectivity index (χ1n) is 11.5. The van der Waals surface area contributed by atoms with E-state index in [0.717, 1.165) is 43.3 Å². The lowest BCUT2D eigenvalue weighted by Crippen LogP contribution is -2.50. The molecule has 1 fully saturated rings. The normalized spacial score (nSPS) is 15.6. The monoisotopic (exact) mass is 474 g/mol. The van der Waals surface area contributed by atoms with E-state index in [9.17, 15) is 4.79 Å². The maximum Gasteiger partial charge on any atom is 0.257 e. The van der Waals surface area contributed by atoms with Gasteiger partial charge < -0.3 is 15.0 Å². The number of nitrogens with zero attached hydrogens (tertiary/aromatic N) is 3. The largest absolute Gasteiger partial charge is 0.454 e. The quantitative estimate of drug-likeness (QED) is 0.521. The average molecular weight is 475 g/mol. The van der Waals surface area contributed by atoms with Crippen LogP contribution in [0.1, 0.15) is 29.8 Å². The van der Waals surface area contributed by atoms with Crippen LogP contribution in [0.25, 0.3) is 0 Å². The van der Waals surface area contributed by atoms with Gasteiger partial charge in [-0.05, 0) is 56.3 Å². The number of para-hydroxylation sites is 2. The number of halogens is 1. The number of hydrogen-bond donors (Lipinski definition) is 1. The molecular formula is C27H27ClN4O2. The predicted octanol–water partition coefficient (Wildman–Crippen LogP) is 5.80. The number of carbonyl (C=O) groups is 1. The third-order valence-corrected chi connectivity index (χ3v) is 6.58. The number of piperazine rings is 1. The summed E-state index contributed by atoms with van der Waals surface area (Å²) in [4.78, 5) is 22.7. The van der Waals surface area contributed by atoms with E-state index in [1.54, 1.807) is 24.3 Å². The number of anilines is 1. The zero-order chi connectivity index (χ0) is 23.7. The second-order valence-corrected chi connectivity index (χ2v) is 9.17. The van der Waals surface area contributed by atoms with Gasteiger partial charge in [-0.2, -0.15) is 0 Å². The average Bonchev–Trinajstić information content (AvgIpc) is 3.01. The topological polar surface area (TPSA) is 57.2 Å². The molecule has 0 aliphatic carbocycles. The minimum absolute atomic E-state index is 0.257. The van der Waals surface area contributed by atoms with Crippen molar-refractivity contribution in [3.05, 3.63) is 82.9 Å². The number of hydrogen-bond acceptors (Lipinski definition) is 5. The van der Waals surface area contributed by atoms with Crippen molar-refractivity contribution in [3.63, 3.8) is 0 Å². The van der Waals surface area contributed by atoms with Gasteiger partial charge in [-0.3, -0.25) is 9.69 Å². The van der Waals surface area contributed by atoms with Crippen molar-refractivity contribution in [1.82, 2.24) is 9.80 Å². The minimum Gasteiger partial charge on any atom is -0.454 e. The minimum atomic E-state index is -0.257. The van der Waals surface area contributed by atoms with Gasteiger partial charge in [0.05, 0.1) is 16.1 Å². The number of amidine groups is 1. The highest BCUT2D eigenvalue weighted by atomic mass is 35.5. The van der Waals surface area contributed by atoms with Gasteiger partial charge in [0.25, 0.3) is 5.91 Å². The molecule has 0 spiro atoms. The summed E-state index contributed by atoms with van der Waals surface area (Å²) >= 11 is 6.22. The molecular weight excluding hydrogens is 448 g/mol. The van der Waals surface area contributed by atoms with E-state index in [0.29, 0.717) is 33.8 Å². The van der Waals surface area contributed by atoms with Crippen LogP contribution in [0.3, 0.4) is 0 Å². The number of rotatable bonds is 3. The molecule has 0 atom stereocenters. The molecule has 0 saturated carbocycles. The van der Waals surface area contributed by atoms with Crippen LogP contribution >= 0.6 is 11.6 Å². The van der Waals surface area contributed by atoms with Gasteiger partial charge >= 0.3 is 0 Å². The van der Waals surface area contributed by atoms with Crippen LogP contribution in [-0.2, 0) is 0 Å². The lowest BCUT2D eigenvalue weighted by atomic mass is 10.1. The van der Waals surface area contributed by atoms with E-state index in [1.807, 2.05) is 42.5 Å². The zero-order valence-electron chi connectivity index (χ0n) is 19.3. The highest BCUT2D eigenvalue weighted by molar-refractivity contribution is 6.34. The lowest BCUT2D eigenvalue weighted by molar-refractivity contribution is 0.102. The number of amides is 1. The van der Waals surface area contributed by atoms with Gasteiger partial charge in [0.1, 0.15) is 17.3 Å². The summed E-state index contributed by atoms with van der Waals surface area (Å²) in [6.45, 7) is 8.14. The maximum atomic E-state index is 12.9. The number of fused-ring (bicyclic) bond motifs is 2. The van der Waals surface area contributed by atoms with Crippen LogP contribution in [0.4, 0.5) is 11.4 Å². The van der Waals surface area contributed by atoms with E-state index in [-0.39, 0.29) is 5.91 Å². The predicted molar refractivity (Wildman–Crippen MR) is 137 cm³/mol. The molecule has 7 heteroatoms. The Hall–Kier alpha value is -3.35. The Labute approximate surface area is 204 Å². The van der Waals surface area contributed by atoms with Gasteiger partial charge in [0.2, 0.25) is 0 Å². The van der Waals surface area contributed by atoms with E-state index in [1.165, 1.54) is 0 Å². The molecule has 174 valence electrons. The van der Waals surface area contributed by atoms with Gasteiger partial charge in [0, 0.05) is 37.9 Å². The summed E-state index contributed by atoms with van der Waals surface area (Å²) in [5.41, 5.74) is 2.74. The van der Waals surface area contributed by atoms with Crippen molar-refractivity contribution >= 4 is 34.7 Å². The second-order valence-electron chi connectivity index (χ2n) is 8.77. The van der Waals surface area contributed by atoms with Gasteiger partial charge in [-0.1, -0.05) is 35.9 Å². The Morgan fingerprint density at radius 1 is 0.971 bits per heavy atom. The molecule has 3 aromatic rings. The molecule has 2 aliphatic rings. The number of carbonyl (C=O) groups excluding carboxylic acids is 1. The first-order chi connectivity index (χ1) is 16.5. The van der Waals surface area contributed by atoms with Crippen molar-refractivity contribution in [1.29, 1.82) is 0 Å². The fourth-order valence-electron chi connectivity index (χ4n) is 4.34. The molecule has 1 saturated heterocycles. The Bertz CT molecular complexity index is 1250. The fourth-order valence-corrected chi connectivity index (χ4v) is 4.56. The van der Waals surface area contributed by atoms with Crippen molar-refractivity contribution in [2.75, 3.05) is 31.5 Å². The summed E-state index contributed by atoms with van der Waals surface area (Å²) in [7, 11) is 0. The summed E-state index contributed by atoms with van der Waals surface area (Å²) in [5, 5.41) is 3.39. The highest BCUT2D eigenvalue weighted by Gasteiger charge is 2.27. The van der Waals surface area contributed by atoms with Crippen LogP contribution in [0.15, 0.2) is 71.7 Å². The van der Waals surface area contributed by atoms with Gasteiger partial charge in [-0.25, -0.2) is 4.99 Å². The third-order valence-electron chi connectivity index (χ3n) is 6.25. The van der Waals surface area contributed by atoms with Crippen molar-refractivity contribution in [2.45, 2.75) is 19.9 Å². The van der Waals surface area contributed by atoms with Crippen molar-refractivity contribution < 1.29 is 9.53 Å². The Morgan fingerprint density at radius 3 is 2.47 bits per heavy atom. The molecule has 5 rings (SSSR count). The second kappa shape index (κ2) is 9.49. The van der Waals surface area contributed by atoms with E-state index < -0.39 is 0 Å². The summed E-state index contributed by atoms with van der Waals surface area (Å²) < 4.78 is 6.26. The smallest absolute Gasteiger partial charge is 0.257 e. The maximum absolute atomic E-state index is 12.9. The number of benzene rings is 3. The Kier molecular flexibility index (Phi) is 6.26. The number of aliphatic imine (C=N–C) groups is 1. The van der Waals surface area contributed by atoms with E-state index in [4.69, 9.17) is 21.3 Å². The first kappa shape index (κ1) is 22.4. The first-order valence-corrected chi connectivity index (χ1v) is 11.9. The molecule has 1 N–H and O–H groups in total. The molecule has 34 heavy (non-hydrogen) atoms. The fraction of sp³-hybridized carbons (Fsp3) is 0.259. The molecule has 2 heterocycles. The SMILES string of the molecule is CC(C)N1CCN(C2=Nc3ccccc3Oc3ccc(NC(=O)c4ccccc4Cl)cc32)CC1. The molecule has 2 aliphatic heterocycles. The van der Waals surface area contributed by atoms with Crippen LogP contribution in [-0.4, -0.2) is 53.8 Å². The molecule has 0 radical (unpaired) electrons. The standard InChI is InChI=1S/C27H27ClN4O2/c1-18(2)31-13-15-32(16-14-31)26-21-17-19(29-27(33)20-7-3-4-8-22(20)28)11-12-24(21)34-25-10-6-5-9-23(25)30-26/h3-12,17-18H,13-16H2,1-2H3,(H,29,33). The lowest BCUT2D eigenvalue weighted by Gasteiger charge is -2.38. The summed E-state index contributed by atoms with van der Waals surface area (Å²) in [5.74, 6) is 2.03. The van der Waals surface area contributed by atoms with Crippen molar-refractivity contribution in [3.8, 4) is 11.5 Å². The van der Waals surface area contributed by atoms with Gasteiger partial charge in [-0.15, -0.1) is 0 Å². The van der Waals surface area contributed by atoms with Crippen molar-refractivity contribution in [2.24, 2.45) is 4.99 Å². The Morgan fingerprint density at radius 2 is 1.71 bits per heavy atom. The molecule has 3 aromatic carbocycles. The number of nitrogens with one attached hydrogen (secondary N) is 1. The summed E-state index contributed by atoms with van der Waals surface area (Å²) in [6.07, 6.45) is 0. The van der Waals surface area contributed by atoms with Gasteiger partial charge in [0.15, 0.2) is 5.75 Å². The van der Waals surface area contributed by atoms with E-state index >= 15 is 0 Å². The molecule has 6 nitrogen and oxygen atoms in total. The highest BCUT2D eigenvalue weighted by Crippen LogP contribution is 2.39. The van der Waals surface area contributed by atoms with Crippen LogP contribution in [0.2, 0.25) is 5.02 Å². The molecule has 0 bridgehead atoms. The van der Waals surface area contributed by atoms with Crippen LogP contribution in [0, 0.1) is 0 Å². The number of ether oxygens (including phenoxy) is 1. The molecule has 1 amide bonds. The molecule has 0 unspecified atom stereocenters. The third kappa shape index (κ3) is 4.52. The van der Waals surface area contributed by atoms with E-state index in [2.05, 4.69) is 29.0 Å².